The Bertz CT molecular complexity index is 654. The van der Waals surface area contributed by atoms with Crippen LogP contribution in [0.1, 0.15) is 33.6 Å². The van der Waals surface area contributed by atoms with Gasteiger partial charge in [-0.2, -0.15) is 0 Å². The third-order valence-corrected chi connectivity index (χ3v) is 4.52. The van der Waals surface area contributed by atoms with Crippen LogP contribution in [-0.2, 0) is 9.53 Å². The van der Waals surface area contributed by atoms with E-state index in [1.807, 2.05) is 24.3 Å². The second kappa shape index (κ2) is 10.1. The van der Waals surface area contributed by atoms with Gasteiger partial charge in [-0.3, -0.25) is 4.79 Å². The maximum Gasteiger partial charge on any atom is 0.316 e. The Morgan fingerprint density at radius 1 is 1.16 bits per heavy atom. The summed E-state index contributed by atoms with van der Waals surface area (Å²) in [4.78, 5) is 13.9. The monoisotopic (exact) mass is 363 g/mol. The van der Waals surface area contributed by atoms with E-state index in [9.17, 15) is 4.79 Å². The molecular weight excluding hydrogens is 338 g/mol. The number of hydrogen-bond acceptors (Lipinski definition) is 7. The van der Waals surface area contributed by atoms with Crippen LogP contribution in [0.3, 0.4) is 0 Å². The molecule has 0 aliphatic heterocycles. The molecule has 0 aliphatic rings. The highest BCUT2D eigenvalue weighted by molar-refractivity contribution is 7.99. The fourth-order valence-corrected chi connectivity index (χ4v) is 2.84. The molecule has 2 aromatic rings. The number of ether oxygens (including phenoxy) is 1. The van der Waals surface area contributed by atoms with Gasteiger partial charge >= 0.3 is 5.97 Å². The Balaban J connectivity index is 1.91. The highest BCUT2D eigenvalue weighted by Gasteiger charge is 2.12. The number of nitrogens with zero attached hydrogens (tertiary/aromatic N) is 3. The number of anilines is 1. The summed E-state index contributed by atoms with van der Waals surface area (Å²) in [6.45, 7) is 8.70. The molecule has 0 saturated carbocycles. The van der Waals surface area contributed by atoms with Crippen LogP contribution < -0.4 is 4.90 Å². The van der Waals surface area contributed by atoms with Gasteiger partial charge in [-0.05, 0) is 44.5 Å². The fraction of sp³-hybridized carbons (Fsp3) is 0.500. The van der Waals surface area contributed by atoms with Crippen molar-refractivity contribution < 1.29 is 13.9 Å². The summed E-state index contributed by atoms with van der Waals surface area (Å²) in [6.07, 6.45) is 1.88. The highest BCUT2D eigenvalue weighted by Crippen LogP contribution is 2.25. The molecule has 0 bridgehead atoms. The van der Waals surface area contributed by atoms with Gasteiger partial charge in [0.25, 0.3) is 5.22 Å². The summed E-state index contributed by atoms with van der Waals surface area (Å²) >= 11 is 1.19. The zero-order chi connectivity index (χ0) is 18.1. The molecule has 2 rings (SSSR count). The molecule has 0 aliphatic carbocycles. The number of esters is 1. The molecule has 25 heavy (non-hydrogen) atoms. The van der Waals surface area contributed by atoms with Crippen molar-refractivity contribution in [2.75, 3.05) is 30.3 Å². The van der Waals surface area contributed by atoms with Crippen LogP contribution in [0.5, 0.6) is 0 Å². The quantitative estimate of drug-likeness (QED) is 0.359. The van der Waals surface area contributed by atoms with Crippen molar-refractivity contribution in [1.82, 2.24) is 10.2 Å². The van der Waals surface area contributed by atoms with Gasteiger partial charge in [-0.1, -0.05) is 25.1 Å². The second-order valence-corrected chi connectivity index (χ2v) is 6.38. The average Bonchev–Trinajstić information content (AvgIpc) is 3.11. The van der Waals surface area contributed by atoms with Crippen molar-refractivity contribution in [1.29, 1.82) is 0 Å². The Hall–Kier alpha value is -2.02. The van der Waals surface area contributed by atoms with Gasteiger partial charge in [0, 0.05) is 24.3 Å². The van der Waals surface area contributed by atoms with Gasteiger partial charge in [-0.15, -0.1) is 10.2 Å². The van der Waals surface area contributed by atoms with Crippen LogP contribution in [0.15, 0.2) is 33.9 Å². The number of carbonyl (C=O) groups is 1. The fourth-order valence-electron chi connectivity index (χ4n) is 2.28. The van der Waals surface area contributed by atoms with Crippen LogP contribution in [0, 0.1) is 0 Å². The van der Waals surface area contributed by atoms with Crippen LogP contribution >= 0.6 is 11.8 Å². The number of benzene rings is 1. The van der Waals surface area contributed by atoms with Gasteiger partial charge in [0.15, 0.2) is 0 Å². The summed E-state index contributed by atoms with van der Waals surface area (Å²) < 4.78 is 10.7. The van der Waals surface area contributed by atoms with Crippen LogP contribution in [0.4, 0.5) is 5.69 Å². The molecular formula is C18H25N3O3S. The van der Waals surface area contributed by atoms with Crippen LogP contribution in [0.2, 0.25) is 0 Å². The predicted octanol–water partition coefficient (Wildman–Crippen LogP) is 4.02. The van der Waals surface area contributed by atoms with E-state index in [1.54, 1.807) is 0 Å². The highest BCUT2D eigenvalue weighted by atomic mass is 32.2. The summed E-state index contributed by atoms with van der Waals surface area (Å²) in [5.41, 5.74) is 2.03. The number of aromatic nitrogens is 2. The standard InChI is InChI=1S/C18H25N3O3S/c1-4-7-12-23-16(22)13-25-18-20-19-17(24-18)14-8-10-15(11-9-14)21(5-2)6-3/h8-11H,4-7,12-13H2,1-3H3. The third kappa shape index (κ3) is 5.77. The van der Waals surface area contributed by atoms with Crippen LogP contribution in [0.25, 0.3) is 11.5 Å². The van der Waals surface area contributed by atoms with E-state index < -0.39 is 0 Å². The lowest BCUT2D eigenvalue weighted by Gasteiger charge is -2.20. The minimum Gasteiger partial charge on any atom is -0.465 e. The van der Waals surface area contributed by atoms with E-state index >= 15 is 0 Å². The van der Waals surface area contributed by atoms with Gasteiger partial charge in [-0.25, -0.2) is 0 Å². The van der Waals surface area contributed by atoms with Crippen molar-refractivity contribution in [2.24, 2.45) is 0 Å². The van der Waals surface area contributed by atoms with E-state index in [0.717, 1.165) is 37.2 Å². The number of thioether (sulfide) groups is 1. The summed E-state index contributed by atoms with van der Waals surface area (Å²) in [7, 11) is 0. The van der Waals surface area contributed by atoms with E-state index in [4.69, 9.17) is 9.15 Å². The van der Waals surface area contributed by atoms with E-state index in [1.165, 1.54) is 11.8 Å². The number of unbranched alkanes of at least 4 members (excludes halogenated alkanes) is 1. The lowest BCUT2D eigenvalue weighted by Crippen LogP contribution is -2.21. The molecule has 7 heteroatoms. The van der Waals surface area contributed by atoms with Crippen molar-refractivity contribution in [3.05, 3.63) is 24.3 Å². The largest absolute Gasteiger partial charge is 0.465 e. The lowest BCUT2D eigenvalue weighted by atomic mass is 10.2. The summed E-state index contributed by atoms with van der Waals surface area (Å²) in [5, 5.41) is 8.40. The molecule has 0 amide bonds. The first-order chi connectivity index (χ1) is 12.2. The van der Waals surface area contributed by atoms with E-state index in [2.05, 4.69) is 35.9 Å². The molecule has 1 aromatic carbocycles. The second-order valence-electron chi connectivity index (χ2n) is 5.45. The maximum atomic E-state index is 11.6. The van der Waals surface area contributed by atoms with Crippen molar-refractivity contribution >= 4 is 23.4 Å². The van der Waals surface area contributed by atoms with Crippen LogP contribution in [-0.4, -0.2) is 41.6 Å². The average molecular weight is 363 g/mol. The molecule has 1 aromatic heterocycles. The molecule has 136 valence electrons. The SMILES string of the molecule is CCCCOC(=O)CSc1nnc(-c2ccc(N(CC)CC)cc2)o1. The van der Waals surface area contributed by atoms with Gasteiger partial charge in [0.2, 0.25) is 5.89 Å². The molecule has 0 atom stereocenters. The van der Waals surface area contributed by atoms with E-state index in [-0.39, 0.29) is 11.7 Å². The molecule has 0 unspecified atom stereocenters. The minimum absolute atomic E-state index is 0.173. The smallest absolute Gasteiger partial charge is 0.316 e. The maximum absolute atomic E-state index is 11.6. The lowest BCUT2D eigenvalue weighted by molar-refractivity contribution is -0.140. The van der Waals surface area contributed by atoms with Gasteiger partial charge < -0.3 is 14.1 Å². The number of hydrogen-bond donors (Lipinski definition) is 0. The molecule has 0 radical (unpaired) electrons. The topological polar surface area (TPSA) is 68.5 Å². The first-order valence-corrected chi connectivity index (χ1v) is 9.63. The Morgan fingerprint density at radius 2 is 1.88 bits per heavy atom. The molecule has 0 saturated heterocycles. The molecule has 0 fully saturated rings. The van der Waals surface area contributed by atoms with Crippen molar-refractivity contribution in [3.63, 3.8) is 0 Å². The van der Waals surface area contributed by atoms with Gasteiger partial charge in [0.05, 0.1) is 6.61 Å². The molecule has 6 nitrogen and oxygen atoms in total. The van der Waals surface area contributed by atoms with E-state index in [0.29, 0.717) is 17.7 Å². The Kier molecular flexibility index (Phi) is 7.78. The first-order valence-electron chi connectivity index (χ1n) is 8.65. The zero-order valence-corrected chi connectivity index (χ0v) is 15.8. The zero-order valence-electron chi connectivity index (χ0n) is 15.0. The van der Waals surface area contributed by atoms with Crippen molar-refractivity contribution in [2.45, 2.75) is 38.8 Å². The Labute approximate surface area is 152 Å². The van der Waals surface area contributed by atoms with Gasteiger partial charge in [0.1, 0.15) is 5.75 Å². The predicted molar refractivity (Wildman–Crippen MR) is 99.9 cm³/mol. The Morgan fingerprint density at radius 3 is 2.52 bits per heavy atom. The van der Waals surface area contributed by atoms with Crippen molar-refractivity contribution in [3.8, 4) is 11.5 Å². The third-order valence-electron chi connectivity index (χ3n) is 3.72. The summed E-state index contributed by atoms with van der Waals surface area (Å²) in [5.74, 6) is 0.362. The number of rotatable bonds is 10. The molecule has 0 N–H and O–H groups in total. The minimum atomic E-state index is -0.262. The molecule has 0 spiro atoms. The first kappa shape index (κ1) is 19.3. The summed E-state index contributed by atoms with van der Waals surface area (Å²) in [6, 6.07) is 8.03. The number of carbonyl (C=O) groups excluding carboxylic acids is 1. The molecule has 1 heterocycles. The normalized spacial score (nSPS) is 10.7.